The van der Waals surface area contributed by atoms with Crippen molar-refractivity contribution in [1.82, 2.24) is 20.0 Å². The van der Waals surface area contributed by atoms with E-state index in [9.17, 15) is 4.79 Å². The van der Waals surface area contributed by atoms with Crippen molar-refractivity contribution in [3.05, 3.63) is 66.3 Å². The number of aryl methyl sites for hydroxylation is 1. The fourth-order valence-corrected chi connectivity index (χ4v) is 2.67. The van der Waals surface area contributed by atoms with Gasteiger partial charge in [0.25, 0.3) is 0 Å². The molecule has 0 atom stereocenters. The van der Waals surface area contributed by atoms with Crippen LogP contribution >= 0.6 is 0 Å². The lowest BCUT2D eigenvalue weighted by Gasteiger charge is -2.18. The minimum absolute atomic E-state index is 0.0351. The molecule has 3 rings (SSSR count). The Morgan fingerprint density at radius 1 is 1.14 bits per heavy atom. The van der Waals surface area contributed by atoms with E-state index < -0.39 is 0 Å². The molecule has 142 valence electrons. The van der Waals surface area contributed by atoms with Crippen LogP contribution in [0.5, 0.6) is 0 Å². The lowest BCUT2D eigenvalue weighted by molar-refractivity contribution is -0.130. The van der Waals surface area contributed by atoms with Crippen LogP contribution in [0, 0.1) is 11.8 Å². The third kappa shape index (κ3) is 5.52. The average Bonchev–Trinajstić information content (AvgIpc) is 3.22. The highest BCUT2D eigenvalue weighted by Crippen LogP contribution is 2.15. The maximum Gasteiger partial charge on any atom is 0.227 e. The van der Waals surface area contributed by atoms with Crippen molar-refractivity contribution in [3.8, 4) is 23.2 Å². The van der Waals surface area contributed by atoms with Crippen LogP contribution in [0.25, 0.3) is 11.4 Å². The molecular formula is C22H22N4O2. The number of hydrogen-bond donors (Lipinski definition) is 0. The summed E-state index contributed by atoms with van der Waals surface area (Å²) in [5, 5.41) is 3.97. The predicted octanol–water partition coefficient (Wildman–Crippen LogP) is 3.35. The molecule has 0 fully saturated rings. The Balaban J connectivity index is 1.56. The topological polar surface area (TPSA) is 72.1 Å². The summed E-state index contributed by atoms with van der Waals surface area (Å²) >= 11 is 0. The molecule has 6 heteroatoms. The standard InChI is InChI=1S/C22H22N4O2/c1-2-16-26(17-6-9-18-7-4-3-5-8-18)21(27)11-10-20-24-22(25-28-20)19-12-14-23-15-13-19/h3-5,7-8,12-15H,2,10-11,16-17H2,1H3. The van der Waals surface area contributed by atoms with Crippen molar-refractivity contribution in [2.45, 2.75) is 26.2 Å². The zero-order valence-corrected chi connectivity index (χ0v) is 15.8. The Hall–Kier alpha value is -3.46. The maximum absolute atomic E-state index is 12.6. The van der Waals surface area contributed by atoms with E-state index in [1.807, 2.05) is 49.4 Å². The third-order valence-electron chi connectivity index (χ3n) is 4.08. The van der Waals surface area contributed by atoms with Gasteiger partial charge in [0.15, 0.2) is 0 Å². The van der Waals surface area contributed by atoms with Crippen molar-refractivity contribution < 1.29 is 9.32 Å². The molecule has 3 aromatic rings. The van der Waals surface area contributed by atoms with E-state index in [-0.39, 0.29) is 5.91 Å². The molecule has 0 aliphatic carbocycles. The van der Waals surface area contributed by atoms with Gasteiger partial charge in [-0.2, -0.15) is 4.98 Å². The first-order valence-corrected chi connectivity index (χ1v) is 9.31. The Morgan fingerprint density at radius 3 is 2.68 bits per heavy atom. The molecule has 0 unspecified atom stereocenters. The first-order chi connectivity index (χ1) is 13.8. The van der Waals surface area contributed by atoms with Gasteiger partial charge < -0.3 is 9.42 Å². The summed E-state index contributed by atoms with van der Waals surface area (Å²) in [7, 11) is 0. The highest BCUT2D eigenvalue weighted by molar-refractivity contribution is 5.76. The Bertz CT molecular complexity index is 943. The highest BCUT2D eigenvalue weighted by Gasteiger charge is 2.14. The molecule has 0 radical (unpaired) electrons. The second-order valence-corrected chi connectivity index (χ2v) is 6.23. The van der Waals surface area contributed by atoms with Gasteiger partial charge in [-0.25, -0.2) is 0 Å². The van der Waals surface area contributed by atoms with Crippen LogP contribution in [0.3, 0.4) is 0 Å². The van der Waals surface area contributed by atoms with Crippen LogP contribution in [0.4, 0.5) is 0 Å². The molecule has 2 heterocycles. The van der Waals surface area contributed by atoms with E-state index in [1.165, 1.54) is 0 Å². The number of nitrogens with zero attached hydrogens (tertiary/aromatic N) is 4. The zero-order chi connectivity index (χ0) is 19.6. The smallest absolute Gasteiger partial charge is 0.227 e. The molecule has 6 nitrogen and oxygen atoms in total. The summed E-state index contributed by atoms with van der Waals surface area (Å²) in [6, 6.07) is 13.4. The predicted molar refractivity (Wildman–Crippen MR) is 106 cm³/mol. The summed E-state index contributed by atoms with van der Waals surface area (Å²) in [4.78, 5) is 22.7. The van der Waals surface area contributed by atoms with Gasteiger partial charge in [0.2, 0.25) is 17.6 Å². The van der Waals surface area contributed by atoms with Crippen LogP contribution in [0.15, 0.2) is 59.4 Å². The minimum Gasteiger partial charge on any atom is -0.339 e. The van der Waals surface area contributed by atoms with E-state index in [0.717, 1.165) is 17.5 Å². The molecule has 0 bridgehead atoms. The number of pyridine rings is 1. The quantitative estimate of drug-likeness (QED) is 0.593. The van der Waals surface area contributed by atoms with Crippen LogP contribution in [-0.2, 0) is 11.2 Å². The van der Waals surface area contributed by atoms with Gasteiger partial charge in [-0.15, -0.1) is 0 Å². The van der Waals surface area contributed by atoms with Crippen LogP contribution < -0.4 is 0 Å². The van der Waals surface area contributed by atoms with Gasteiger partial charge in [-0.1, -0.05) is 42.1 Å². The van der Waals surface area contributed by atoms with E-state index >= 15 is 0 Å². The normalized spacial score (nSPS) is 10.2. The summed E-state index contributed by atoms with van der Waals surface area (Å²) in [5.41, 5.74) is 1.78. The molecular weight excluding hydrogens is 352 g/mol. The minimum atomic E-state index is 0.0351. The van der Waals surface area contributed by atoms with Crippen LogP contribution in [0.2, 0.25) is 0 Å². The summed E-state index contributed by atoms with van der Waals surface area (Å²) in [6.45, 7) is 3.13. The molecule has 2 aromatic heterocycles. The van der Waals surface area contributed by atoms with E-state index in [1.54, 1.807) is 17.3 Å². The van der Waals surface area contributed by atoms with Crippen LogP contribution in [-0.4, -0.2) is 39.0 Å². The summed E-state index contributed by atoms with van der Waals surface area (Å²) < 4.78 is 5.27. The van der Waals surface area contributed by atoms with Crippen LogP contribution in [0.1, 0.15) is 31.2 Å². The van der Waals surface area contributed by atoms with E-state index in [2.05, 4.69) is 27.0 Å². The Kier molecular flexibility index (Phi) is 6.91. The molecule has 1 aromatic carbocycles. The van der Waals surface area contributed by atoms with Crippen molar-refractivity contribution in [1.29, 1.82) is 0 Å². The second kappa shape index (κ2) is 10.0. The van der Waals surface area contributed by atoms with Gasteiger partial charge in [0.05, 0.1) is 6.54 Å². The number of rotatable bonds is 7. The number of carbonyl (C=O) groups excluding carboxylic acids is 1. The SMILES string of the molecule is CCCN(CC#Cc1ccccc1)C(=O)CCc1nc(-c2ccncc2)no1. The Labute approximate surface area is 164 Å². The number of aromatic nitrogens is 3. The zero-order valence-electron chi connectivity index (χ0n) is 15.8. The molecule has 0 aliphatic heterocycles. The van der Waals surface area contributed by atoms with Gasteiger partial charge >= 0.3 is 0 Å². The molecule has 0 saturated carbocycles. The van der Waals surface area contributed by atoms with Crippen molar-refractivity contribution in [2.24, 2.45) is 0 Å². The molecule has 0 N–H and O–H groups in total. The van der Waals surface area contributed by atoms with Crippen molar-refractivity contribution >= 4 is 5.91 Å². The fraction of sp³-hybridized carbons (Fsp3) is 0.273. The molecule has 0 saturated heterocycles. The fourth-order valence-electron chi connectivity index (χ4n) is 2.67. The van der Waals surface area contributed by atoms with Gasteiger partial charge in [-0.3, -0.25) is 9.78 Å². The lowest BCUT2D eigenvalue weighted by atomic mass is 10.2. The number of amides is 1. The van der Waals surface area contributed by atoms with E-state index in [0.29, 0.717) is 37.6 Å². The molecule has 0 spiro atoms. The monoisotopic (exact) mass is 374 g/mol. The van der Waals surface area contributed by atoms with Crippen molar-refractivity contribution in [3.63, 3.8) is 0 Å². The molecule has 1 amide bonds. The first-order valence-electron chi connectivity index (χ1n) is 9.31. The first kappa shape index (κ1) is 19.3. The Morgan fingerprint density at radius 2 is 1.93 bits per heavy atom. The number of carbonyl (C=O) groups is 1. The largest absolute Gasteiger partial charge is 0.339 e. The lowest BCUT2D eigenvalue weighted by Crippen LogP contribution is -2.32. The molecule has 28 heavy (non-hydrogen) atoms. The average molecular weight is 374 g/mol. The number of hydrogen-bond acceptors (Lipinski definition) is 5. The summed E-state index contributed by atoms with van der Waals surface area (Å²) in [5.74, 6) is 7.17. The van der Waals surface area contributed by atoms with E-state index in [4.69, 9.17) is 4.52 Å². The van der Waals surface area contributed by atoms with Crippen molar-refractivity contribution in [2.75, 3.05) is 13.1 Å². The number of benzene rings is 1. The maximum atomic E-state index is 12.6. The van der Waals surface area contributed by atoms with Gasteiger partial charge in [-0.05, 0) is 30.7 Å². The van der Waals surface area contributed by atoms with Gasteiger partial charge in [0.1, 0.15) is 0 Å². The molecule has 0 aliphatic rings. The summed E-state index contributed by atoms with van der Waals surface area (Å²) in [6.07, 6.45) is 4.95. The van der Waals surface area contributed by atoms with Gasteiger partial charge in [0, 0.05) is 42.9 Å². The third-order valence-corrected chi connectivity index (χ3v) is 4.08. The highest BCUT2D eigenvalue weighted by atomic mass is 16.5. The second-order valence-electron chi connectivity index (χ2n) is 6.23.